The first kappa shape index (κ1) is 18.0. The Morgan fingerprint density at radius 2 is 2.07 bits per heavy atom. The summed E-state index contributed by atoms with van der Waals surface area (Å²) >= 11 is 0. The van der Waals surface area contributed by atoms with Gasteiger partial charge in [0.05, 0.1) is 23.4 Å². The second-order valence-electron chi connectivity index (χ2n) is 5.84. The molecular formula is C20H15N3O4. The second-order valence-corrected chi connectivity index (χ2v) is 5.84. The standard InChI is InChI=1S/C20H15N3O4/c1-12(22)15(10-21)18(24)11-27-20(25)14-9-17(19-7-4-8-26-19)23-16-6-3-2-5-13(14)16/h2-9,15,22H,11H2,1H3. The first-order chi connectivity index (χ1) is 13.0. The summed E-state index contributed by atoms with van der Waals surface area (Å²) in [5.41, 5.74) is 1.19. The molecule has 2 aromatic heterocycles. The zero-order valence-electron chi connectivity index (χ0n) is 14.4. The summed E-state index contributed by atoms with van der Waals surface area (Å²) < 4.78 is 10.5. The predicted octanol–water partition coefficient (Wildman–Crippen LogP) is 3.40. The fourth-order valence-corrected chi connectivity index (χ4v) is 2.60. The van der Waals surface area contributed by atoms with Gasteiger partial charge in [0, 0.05) is 11.1 Å². The summed E-state index contributed by atoms with van der Waals surface area (Å²) in [5, 5.41) is 17.0. The Morgan fingerprint density at radius 1 is 1.30 bits per heavy atom. The van der Waals surface area contributed by atoms with Crippen molar-refractivity contribution in [2.24, 2.45) is 5.92 Å². The minimum absolute atomic E-state index is 0.0898. The van der Waals surface area contributed by atoms with Gasteiger partial charge in [0.1, 0.15) is 11.6 Å². The zero-order valence-corrected chi connectivity index (χ0v) is 14.4. The van der Waals surface area contributed by atoms with Crippen molar-refractivity contribution in [1.29, 1.82) is 10.7 Å². The number of para-hydroxylation sites is 1. The van der Waals surface area contributed by atoms with Crippen LogP contribution in [0.4, 0.5) is 0 Å². The normalized spacial score (nSPS) is 11.6. The van der Waals surface area contributed by atoms with Gasteiger partial charge in [-0.3, -0.25) is 4.79 Å². The molecule has 0 saturated carbocycles. The number of nitrogens with one attached hydrogen (secondary N) is 1. The maximum atomic E-state index is 12.6. The summed E-state index contributed by atoms with van der Waals surface area (Å²) in [6.45, 7) is 0.777. The number of aromatic nitrogens is 1. The number of nitriles is 1. The average Bonchev–Trinajstić information content (AvgIpc) is 3.20. The molecule has 1 atom stereocenters. The van der Waals surface area contributed by atoms with Gasteiger partial charge in [-0.1, -0.05) is 18.2 Å². The first-order valence-electron chi connectivity index (χ1n) is 8.09. The summed E-state index contributed by atoms with van der Waals surface area (Å²) in [4.78, 5) is 29.1. The molecule has 1 N–H and O–H groups in total. The predicted molar refractivity (Wildman–Crippen MR) is 97.2 cm³/mol. The van der Waals surface area contributed by atoms with Crippen molar-refractivity contribution in [2.45, 2.75) is 6.92 Å². The molecule has 7 nitrogen and oxygen atoms in total. The number of ether oxygens (including phenoxy) is 1. The van der Waals surface area contributed by atoms with Gasteiger partial charge >= 0.3 is 5.97 Å². The van der Waals surface area contributed by atoms with Crippen LogP contribution < -0.4 is 0 Å². The number of carbonyl (C=O) groups excluding carboxylic acids is 2. The van der Waals surface area contributed by atoms with Gasteiger partial charge < -0.3 is 14.6 Å². The van der Waals surface area contributed by atoms with E-state index in [0.717, 1.165) is 0 Å². The van der Waals surface area contributed by atoms with E-state index in [4.69, 9.17) is 19.8 Å². The summed E-state index contributed by atoms with van der Waals surface area (Å²) in [6, 6.07) is 13.8. The monoisotopic (exact) mass is 361 g/mol. The van der Waals surface area contributed by atoms with E-state index < -0.39 is 24.3 Å². The van der Waals surface area contributed by atoms with E-state index in [1.165, 1.54) is 19.3 Å². The molecule has 0 spiro atoms. The number of rotatable bonds is 6. The maximum Gasteiger partial charge on any atom is 0.339 e. The van der Waals surface area contributed by atoms with Crippen LogP contribution in [0.25, 0.3) is 22.4 Å². The Kier molecular flexibility index (Phi) is 5.08. The van der Waals surface area contributed by atoms with E-state index >= 15 is 0 Å². The number of ketones is 1. The molecule has 0 aliphatic heterocycles. The minimum Gasteiger partial charge on any atom is -0.463 e. The second kappa shape index (κ2) is 7.62. The van der Waals surface area contributed by atoms with E-state index in [2.05, 4.69) is 4.98 Å². The van der Waals surface area contributed by atoms with Crippen molar-refractivity contribution in [3.8, 4) is 17.5 Å². The highest BCUT2D eigenvalue weighted by atomic mass is 16.5. The fourth-order valence-electron chi connectivity index (χ4n) is 2.60. The van der Waals surface area contributed by atoms with Crippen LogP contribution in [-0.2, 0) is 9.53 Å². The molecule has 3 rings (SSSR count). The molecule has 0 saturated heterocycles. The quantitative estimate of drug-likeness (QED) is 0.531. The van der Waals surface area contributed by atoms with Crippen LogP contribution in [0.1, 0.15) is 17.3 Å². The van der Waals surface area contributed by atoms with Gasteiger partial charge in [-0.05, 0) is 31.2 Å². The molecule has 0 aliphatic rings. The molecule has 1 aromatic carbocycles. The van der Waals surface area contributed by atoms with Crippen molar-refractivity contribution in [3.05, 3.63) is 54.3 Å². The molecule has 2 heterocycles. The van der Waals surface area contributed by atoms with E-state index in [1.807, 2.05) is 0 Å². The van der Waals surface area contributed by atoms with Crippen molar-refractivity contribution in [3.63, 3.8) is 0 Å². The van der Waals surface area contributed by atoms with Gasteiger partial charge in [0.25, 0.3) is 0 Å². The van der Waals surface area contributed by atoms with E-state index in [0.29, 0.717) is 22.4 Å². The highest BCUT2D eigenvalue weighted by molar-refractivity contribution is 6.08. The smallest absolute Gasteiger partial charge is 0.339 e. The molecule has 0 radical (unpaired) electrons. The third-order valence-corrected chi connectivity index (χ3v) is 3.94. The fraction of sp³-hybridized carbons (Fsp3) is 0.150. The van der Waals surface area contributed by atoms with Crippen LogP contribution in [0.15, 0.2) is 53.1 Å². The lowest BCUT2D eigenvalue weighted by atomic mass is 10.0. The van der Waals surface area contributed by atoms with Crippen molar-refractivity contribution in [1.82, 2.24) is 4.98 Å². The van der Waals surface area contributed by atoms with Crippen LogP contribution >= 0.6 is 0 Å². The van der Waals surface area contributed by atoms with Gasteiger partial charge in [0.15, 0.2) is 18.2 Å². The van der Waals surface area contributed by atoms with E-state index in [9.17, 15) is 9.59 Å². The molecule has 3 aromatic rings. The Balaban J connectivity index is 1.91. The number of pyridine rings is 1. The first-order valence-corrected chi connectivity index (χ1v) is 8.09. The number of nitrogens with zero attached hydrogens (tertiary/aromatic N) is 2. The van der Waals surface area contributed by atoms with Crippen LogP contribution in [0.3, 0.4) is 0 Å². The van der Waals surface area contributed by atoms with Crippen LogP contribution in [0.2, 0.25) is 0 Å². The van der Waals surface area contributed by atoms with Gasteiger partial charge in [0.2, 0.25) is 0 Å². The largest absolute Gasteiger partial charge is 0.463 e. The van der Waals surface area contributed by atoms with Crippen molar-refractivity contribution >= 4 is 28.4 Å². The zero-order chi connectivity index (χ0) is 19.4. The number of furan rings is 1. The lowest BCUT2D eigenvalue weighted by Crippen LogP contribution is -2.25. The molecule has 134 valence electrons. The number of hydrogen-bond acceptors (Lipinski definition) is 7. The van der Waals surface area contributed by atoms with Crippen LogP contribution in [-0.4, -0.2) is 29.1 Å². The maximum absolute atomic E-state index is 12.6. The molecule has 0 fully saturated rings. The van der Waals surface area contributed by atoms with E-state index in [-0.39, 0.29) is 11.3 Å². The molecule has 27 heavy (non-hydrogen) atoms. The summed E-state index contributed by atoms with van der Waals surface area (Å²) in [5.74, 6) is -2.07. The van der Waals surface area contributed by atoms with Crippen LogP contribution in [0, 0.1) is 22.7 Å². The third kappa shape index (κ3) is 3.75. The Bertz CT molecular complexity index is 1060. The Labute approximate surface area is 154 Å². The molecule has 0 aliphatic carbocycles. The highest BCUT2D eigenvalue weighted by Crippen LogP contribution is 2.25. The SMILES string of the molecule is CC(=N)C(C#N)C(=O)COC(=O)c1cc(-c2ccco2)nc2ccccc12. The topological polar surface area (TPSA) is 117 Å². The molecular weight excluding hydrogens is 346 g/mol. The third-order valence-electron chi connectivity index (χ3n) is 3.94. The Morgan fingerprint density at radius 3 is 2.74 bits per heavy atom. The molecule has 0 bridgehead atoms. The lowest BCUT2D eigenvalue weighted by Gasteiger charge is -2.10. The summed E-state index contributed by atoms with van der Waals surface area (Å²) in [6.07, 6.45) is 1.50. The lowest BCUT2D eigenvalue weighted by molar-refractivity contribution is -0.122. The number of benzene rings is 1. The summed E-state index contributed by atoms with van der Waals surface area (Å²) in [7, 11) is 0. The van der Waals surface area contributed by atoms with Crippen molar-refractivity contribution < 1.29 is 18.7 Å². The molecule has 0 amide bonds. The number of esters is 1. The van der Waals surface area contributed by atoms with Crippen LogP contribution in [0.5, 0.6) is 0 Å². The minimum atomic E-state index is -1.22. The van der Waals surface area contributed by atoms with Gasteiger partial charge in [-0.25, -0.2) is 9.78 Å². The van der Waals surface area contributed by atoms with E-state index in [1.54, 1.807) is 42.5 Å². The highest BCUT2D eigenvalue weighted by Gasteiger charge is 2.23. The number of Topliss-reactive ketones (excluding diaryl/α,β-unsaturated/α-hetero) is 1. The van der Waals surface area contributed by atoms with Gasteiger partial charge in [-0.15, -0.1) is 0 Å². The molecule has 7 heteroatoms. The number of hydrogen-bond donors (Lipinski definition) is 1. The Hall–Kier alpha value is -3.79. The average molecular weight is 361 g/mol. The molecule has 1 unspecified atom stereocenters. The number of carbonyl (C=O) groups is 2. The van der Waals surface area contributed by atoms with Gasteiger partial charge in [-0.2, -0.15) is 5.26 Å². The number of fused-ring (bicyclic) bond motifs is 1. The van der Waals surface area contributed by atoms with Crippen molar-refractivity contribution in [2.75, 3.05) is 6.61 Å².